The van der Waals surface area contributed by atoms with Crippen LogP contribution in [0.3, 0.4) is 0 Å². The van der Waals surface area contributed by atoms with Gasteiger partial charge in [-0.1, -0.05) is 0 Å². The maximum atomic E-state index is 5.62. The number of nitrogens with one attached hydrogen (secondary N) is 1. The van der Waals surface area contributed by atoms with E-state index in [-0.39, 0.29) is 24.0 Å². The van der Waals surface area contributed by atoms with Crippen LogP contribution in [0.15, 0.2) is 4.99 Å². The Hall–Kier alpha value is -0.0800. The molecule has 0 spiro atoms. The molecule has 6 heteroatoms. The van der Waals surface area contributed by atoms with Gasteiger partial charge in [-0.25, -0.2) is 0 Å². The Morgan fingerprint density at radius 2 is 2.20 bits per heavy atom. The minimum Gasteiger partial charge on any atom is -0.381 e. The van der Waals surface area contributed by atoms with Gasteiger partial charge in [-0.2, -0.15) is 0 Å². The first-order chi connectivity index (χ1) is 9.29. The third-order valence-electron chi connectivity index (χ3n) is 3.72. The van der Waals surface area contributed by atoms with E-state index < -0.39 is 0 Å². The van der Waals surface area contributed by atoms with Crippen LogP contribution in [-0.2, 0) is 9.47 Å². The van der Waals surface area contributed by atoms with Crippen LogP contribution in [0.5, 0.6) is 0 Å². The van der Waals surface area contributed by atoms with Crippen LogP contribution in [0, 0.1) is 5.92 Å². The molecular weight excluding hydrogens is 369 g/mol. The summed E-state index contributed by atoms with van der Waals surface area (Å²) in [5.74, 6) is 1.63. The van der Waals surface area contributed by atoms with Crippen LogP contribution in [0.25, 0.3) is 0 Å². The largest absolute Gasteiger partial charge is 0.381 e. The fraction of sp³-hybridized carbons (Fsp3) is 0.929. The number of hydrogen-bond donors (Lipinski definition) is 1. The second-order valence-corrected chi connectivity index (χ2v) is 5.44. The zero-order valence-electron chi connectivity index (χ0n) is 12.6. The van der Waals surface area contributed by atoms with Gasteiger partial charge < -0.3 is 19.7 Å². The van der Waals surface area contributed by atoms with Crippen LogP contribution in [0.4, 0.5) is 0 Å². The molecule has 0 aromatic rings. The Morgan fingerprint density at radius 3 is 2.80 bits per heavy atom. The average molecular weight is 397 g/mol. The standard InChI is InChI=1S/C14H27N3O2.HI/c1-3-15-14(16-9-13-5-4-7-19-13)17(2)10-12-6-8-18-11-12;/h12-13H,3-11H2,1-2H3,(H,15,16);1H. The molecule has 2 aliphatic rings. The smallest absolute Gasteiger partial charge is 0.193 e. The number of guanidine groups is 1. The van der Waals surface area contributed by atoms with E-state index in [9.17, 15) is 0 Å². The summed E-state index contributed by atoms with van der Waals surface area (Å²) in [5, 5.41) is 3.36. The first-order valence-corrected chi connectivity index (χ1v) is 7.48. The van der Waals surface area contributed by atoms with Gasteiger partial charge in [0.2, 0.25) is 0 Å². The van der Waals surface area contributed by atoms with Crippen molar-refractivity contribution in [2.45, 2.75) is 32.3 Å². The number of nitrogens with zero attached hydrogens (tertiary/aromatic N) is 2. The van der Waals surface area contributed by atoms with E-state index in [1.807, 2.05) is 0 Å². The normalized spacial score (nSPS) is 26.4. The van der Waals surface area contributed by atoms with Gasteiger partial charge in [0.05, 0.1) is 19.3 Å². The monoisotopic (exact) mass is 397 g/mol. The number of halogens is 1. The zero-order chi connectivity index (χ0) is 13.5. The van der Waals surface area contributed by atoms with Crippen LogP contribution >= 0.6 is 24.0 Å². The highest BCUT2D eigenvalue weighted by atomic mass is 127. The van der Waals surface area contributed by atoms with Crippen molar-refractivity contribution in [1.29, 1.82) is 0 Å². The summed E-state index contributed by atoms with van der Waals surface area (Å²) in [4.78, 5) is 6.92. The van der Waals surface area contributed by atoms with Crippen LogP contribution in [0.2, 0.25) is 0 Å². The predicted octanol–water partition coefficient (Wildman–Crippen LogP) is 1.72. The minimum atomic E-state index is 0. The van der Waals surface area contributed by atoms with Crippen molar-refractivity contribution in [3.05, 3.63) is 0 Å². The molecule has 0 radical (unpaired) electrons. The van der Waals surface area contributed by atoms with E-state index >= 15 is 0 Å². The average Bonchev–Trinajstić information content (AvgIpc) is 3.07. The second-order valence-electron chi connectivity index (χ2n) is 5.44. The lowest BCUT2D eigenvalue weighted by Crippen LogP contribution is -2.42. The summed E-state index contributed by atoms with van der Waals surface area (Å²) in [6.07, 6.45) is 3.79. The lowest BCUT2D eigenvalue weighted by Gasteiger charge is -2.24. The molecule has 2 aliphatic heterocycles. The van der Waals surface area contributed by atoms with Gasteiger partial charge in [0.1, 0.15) is 0 Å². The predicted molar refractivity (Wildman–Crippen MR) is 91.9 cm³/mol. The van der Waals surface area contributed by atoms with Crippen molar-refractivity contribution in [1.82, 2.24) is 10.2 Å². The third kappa shape index (κ3) is 5.73. The fourth-order valence-electron chi connectivity index (χ4n) is 2.65. The van der Waals surface area contributed by atoms with Gasteiger partial charge in [-0.15, -0.1) is 24.0 Å². The van der Waals surface area contributed by atoms with E-state index in [1.165, 1.54) is 6.42 Å². The van der Waals surface area contributed by atoms with Crippen LogP contribution in [0.1, 0.15) is 26.2 Å². The van der Waals surface area contributed by atoms with Crippen LogP contribution < -0.4 is 5.32 Å². The van der Waals surface area contributed by atoms with Gasteiger partial charge >= 0.3 is 0 Å². The molecule has 0 saturated carbocycles. The summed E-state index contributed by atoms with van der Waals surface area (Å²) in [5.41, 5.74) is 0. The number of aliphatic imine (C=N–C) groups is 1. The van der Waals surface area contributed by atoms with Crippen molar-refractivity contribution in [2.75, 3.05) is 46.5 Å². The molecule has 0 bridgehead atoms. The van der Waals surface area contributed by atoms with Gasteiger partial charge in [0.15, 0.2) is 5.96 Å². The molecule has 1 N–H and O–H groups in total. The van der Waals surface area contributed by atoms with E-state index in [0.29, 0.717) is 12.0 Å². The van der Waals surface area contributed by atoms with Crippen LogP contribution in [-0.4, -0.2) is 63.5 Å². The topological polar surface area (TPSA) is 46.1 Å². The molecule has 2 unspecified atom stereocenters. The zero-order valence-corrected chi connectivity index (χ0v) is 15.0. The number of ether oxygens (including phenoxy) is 2. The van der Waals surface area contributed by atoms with Gasteiger partial charge in [-0.3, -0.25) is 4.99 Å². The molecule has 0 aliphatic carbocycles. The molecule has 2 heterocycles. The first-order valence-electron chi connectivity index (χ1n) is 7.48. The molecule has 2 saturated heterocycles. The SMILES string of the molecule is CCNC(=NCC1CCCO1)N(C)CC1CCOC1.I. The maximum Gasteiger partial charge on any atom is 0.193 e. The molecule has 0 amide bonds. The summed E-state index contributed by atoms with van der Waals surface area (Å²) in [6, 6.07) is 0. The minimum absolute atomic E-state index is 0. The Balaban J connectivity index is 0.00000200. The van der Waals surface area contributed by atoms with Crippen molar-refractivity contribution in [3.63, 3.8) is 0 Å². The number of rotatable bonds is 5. The molecule has 20 heavy (non-hydrogen) atoms. The lowest BCUT2D eigenvalue weighted by atomic mass is 10.1. The second kappa shape index (κ2) is 9.78. The van der Waals surface area contributed by atoms with Gasteiger partial charge in [0, 0.05) is 39.3 Å². The van der Waals surface area contributed by atoms with Crippen molar-refractivity contribution in [2.24, 2.45) is 10.9 Å². The Bertz CT molecular complexity index is 290. The lowest BCUT2D eigenvalue weighted by molar-refractivity contribution is 0.117. The van der Waals surface area contributed by atoms with Crippen molar-refractivity contribution >= 4 is 29.9 Å². The first kappa shape index (κ1) is 18.0. The number of hydrogen-bond acceptors (Lipinski definition) is 3. The Kier molecular flexibility index (Phi) is 8.79. The summed E-state index contributed by atoms with van der Waals surface area (Å²) < 4.78 is 11.1. The molecule has 2 fully saturated rings. The van der Waals surface area contributed by atoms with Gasteiger partial charge in [-0.05, 0) is 26.2 Å². The molecule has 5 nitrogen and oxygen atoms in total. The summed E-state index contributed by atoms with van der Waals surface area (Å²) in [7, 11) is 2.11. The van der Waals surface area contributed by atoms with E-state index in [1.54, 1.807) is 0 Å². The molecule has 0 aromatic carbocycles. The molecule has 2 atom stereocenters. The van der Waals surface area contributed by atoms with Crippen molar-refractivity contribution < 1.29 is 9.47 Å². The maximum absolute atomic E-state index is 5.62. The molecule has 118 valence electrons. The third-order valence-corrected chi connectivity index (χ3v) is 3.72. The Labute approximate surface area is 139 Å². The van der Waals surface area contributed by atoms with E-state index in [0.717, 1.165) is 58.3 Å². The summed E-state index contributed by atoms with van der Waals surface area (Å²) in [6.45, 7) is 7.47. The highest BCUT2D eigenvalue weighted by Gasteiger charge is 2.20. The van der Waals surface area contributed by atoms with Crippen molar-refractivity contribution in [3.8, 4) is 0 Å². The highest BCUT2D eigenvalue weighted by Crippen LogP contribution is 2.14. The molecule has 2 rings (SSSR count). The van der Waals surface area contributed by atoms with Gasteiger partial charge in [0.25, 0.3) is 0 Å². The highest BCUT2D eigenvalue weighted by molar-refractivity contribution is 14.0. The van der Waals surface area contributed by atoms with E-state index in [2.05, 4.69) is 24.2 Å². The fourth-order valence-corrected chi connectivity index (χ4v) is 2.65. The molecular formula is C14H28IN3O2. The quantitative estimate of drug-likeness (QED) is 0.436. The Morgan fingerprint density at radius 1 is 1.35 bits per heavy atom. The summed E-state index contributed by atoms with van der Waals surface area (Å²) >= 11 is 0. The van der Waals surface area contributed by atoms with E-state index in [4.69, 9.17) is 14.5 Å². The molecule has 0 aromatic heterocycles.